The van der Waals surface area contributed by atoms with E-state index in [2.05, 4.69) is 19.1 Å². The molecule has 30 heavy (non-hydrogen) atoms. The van der Waals surface area contributed by atoms with Gasteiger partial charge in [0.15, 0.2) is 0 Å². The molecule has 2 aromatic rings. The van der Waals surface area contributed by atoms with Gasteiger partial charge in [0.05, 0.1) is 0 Å². The van der Waals surface area contributed by atoms with E-state index in [4.69, 9.17) is 11.6 Å². The molecule has 0 amide bonds. The van der Waals surface area contributed by atoms with Gasteiger partial charge in [0.25, 0.3) is 0 Å². The van der Waals surface area contributed by atoms with Crippen molar-refractivity contribution in [1.29, 1.82) is 0 Å². The molecule has 0 nitrogen and oxygen atoms in total. The van der Waals surface area contributed by atoms with Gasteiger partial charge in [-0.1, -0.05) is 87.6 Å². The van der Waals surface area contributed by atoms with Crippen molar-refractivity contribution < 1.29 is 12.9 Å². The molecule has 0 radical (unpaired) electrons. The normalized spacial score (nSPS) is 22.2. The van der Waals surface area contributed by atoms with E-state index in [1.807, 2.05) is 12.1 Å². The molecule has 164 valence electrons. The number of benzene rings is 2. The van der Waals surface area contributed by atoms with Crippen LogP contribution in [0.3, 0.4) is 0 Å². The lowest BCUT2D eigenvalue weighted by Gasteiger charge is -2.32. The number of halogens is 4. The third-order valence-corrected chi connectivity index (χ3v) is 10.4. The molecule has 3 rings (SSSR count). The summed E-state index contributed by atoms with van der Waals surface area (Å²) in [4.78, 5) is 0. The lowest BCUT2D eigenvalue weighted by atomic mass is 9.93. The van der Waals surface area contributed by atoms with Crippen molar-refractivity contribution in [2.45, 2.75) is 75.4 Å². The first-order chi connectivity index (χ1) is 14.3. The Morgan fingerprint density at radius 2 is 1.50 bits per heavy atom. The molecule has 0 aliphatic carbocycles. The number of hydrogen-bond donors (Lipinski definition) is 0. The Labute approximate surface area is 185 Å². The summed E-state index contributed by atoms with van der Waals surface area (Å²) in [7, 11) is -2.44. The van der Waals surface area contributed by atoms with E-state index in [0.29, 0.717) is 5.92 Å². The minimum atomic E-state index is -3.33. The van der Waals surface area contributed by atoms with E-state index in [9.17, 15) is 8.78 Å². The lowest BCUT2D eigenvalue weighted by molar-refractivity contribution is 0.0951. The molecular formula is C25H32ClF3Si. The molecule has 0 bridgehead atoms. The van der Waals surface area contributed by atoms with Gasteiger partial charge < -0.3 is 4.11 Å². The van der Waals surface area contributed by atoms with Gasteiger partial charge in [-0.3, -0.25) is 0 Å². The smallest absolute Gasteiger partial charge is 0.314 e. The summed E-state index contributed by atoms with van der Waals surface area (Å²) in [5, 5.41) is -3.33. The first-order valence-electron chi connectivity index (χ1n) is 11.2. The fraction of sp³-hybridized carbons (Fsp3) is 0.520. The maximum Gasteiger partial charge on any atom is 0.348 e. The lowest BCUT2D eigenvalue weighted by Crippen LogP contribution is -2.33. The number of aryl methyl sites for hydroxylation is 1. The van der Waals surface area contributed by atoms with Crippen molar-refractivity contribution in [3.05, 3.63) is 59.7 Å². The summed E-state index contributed by atoms with van der Waals surface area (Å²) in [5.41, 5.74) is 2.98. The highest BCUT2D eigenvalue weighted by Gasteiger charge is 2.37. The predicted molar refractivity (Wildman–Crippen MR) is 123 cm³/mol. The van der Waals surface area contributed by atoms with Gasteiger partial charge >= 0.3 is 5.38 Å². The Morgan fingerprint density at radius 3 is 2.03 bits per heavy atom. The highest BCUT2D eigenvalue weighted by molar-refractivity contribution is 6.73. The van der Waals surface area contributed by atoms with E-state index in [-0.39, 0.29) is 5.56 Å². The minimum absolute atomic E-state index is 0.192. The molecule has 1 saturated heterocycles. The van der Waals surface area contributed by atoms with Crippen molar-refractivity contribution in [2.75, 3.05) is 0 Å². The molecule has 0 unspecified atom stereocenters. The molecule has 1 heterocycles. The fourth-order valence-corrected chi connectivity index (χ4v) is 8.12. The number of unbranched alkanes of at least 4 members (excludes halogenated alkanes) is 2. The van der Waals surface area contributed by atoms with Crippen LogP contribution in [0.25, 0.3) is 11.1 Å². The van der Waals surface area contributed by atoms with Crippen molar-refractivity contribution in [2.24, 2.45) is 5.92 Å². The van der Waals surface area contributed by atoms with Crippen LogP contribution in [0.15, 0.2) is 48.5 Å². The van der Waals surface area contributed by atoms with Crippen LogP contribution in [0.2, 0.25) is 18.1 Å². The zero-order valence-electron chi connectivity index (χ0n) is 17.8. The molecule has 1 aliphatic heterocycles. The Morgan fingerprint density at radius 1 is 0.933 bits per heavy atom. The van der Waals surface area contributed by atoms with Crippen LogP contribution in [-0.4, -0.2) is 8.41 Å². The minimum Gasteiger partial charge on any atom is -0.314 e. The predicted octanol–water partition coefficient (Wildman–Crippen LogP) is 9.09. The van der Waals surface area contributed by atoms with Gasteiger partial charge in [0.2, 0.25) is 8.41 Å². The van der Waals surface area contributed by atoms with Crippen molar-refractivity contribution >= 4 is 20.0 Å². The third-order valence-electron chi connectivity index (χ3n) is 6.57. The molecule has 0 spiro atoms. The van der Waals surface area contributed by atoms with Gasteiger partial charge in [-0.05, 0) is 65.2 Å². The summed E-state index contributed by atoms with van der Waals surface area (Å²) in [6, 6.07) is 17.0. The second-order valence-electron chi connectivity index (χ2n) is 8.86. The van der Waals surface area contributed by atoms with Gasteiger partial charge in [-0.25, -0.2) is 0 Å². The van der Waals surface area contributed by atoms with Crippen molar-refractivity contribution in [3.8, 4) is 11.1 Å². The van der Waals surface area contributed by atoms with Crippen LogP contribution in [0.4, 0.5) is 12.9 Å². The molecule has 0 aromatic heterocycles. The molecule has 0 atom stereocenters. The number of hydrogen-bond acceptors (Lipinski definition) is 0. The maximum absolute atomic E-state index is 15.0. The Hall–Kier alpha value is -1.26. The van der Waals surface area contributed by atoms with Crippen LogP contribution < -0.4 is 0 Å². The molecule has 5 heteroatoms. The van der Waals surface area contributed by atoms with Crippen LogP contribution in [-0.2, 0) is 11.8 Å². The highest BCUT2D eigenvalue weighted by Crippen LogP contribution is 2.39. The van der Waals surface area contributed by atoms with Crippen LogP contribution in [0.5, 0.6) is 0 Å². The second kappa shape index (κ2) is 10.4. The molecule has 0 N–H and O–H groups in total. The van der Waals surface area contributed by atoms with E-state index in [1.165, 1.54) is 30.5 Å². The Bertz CT molecular complexity index is 776. The van der Waals surface area contributed by atoms with E-state index in [1.54, 1.807) is 12.1 Å². The van der Waals surface area contributed by atoms with E-state index >= 15 is 4.11 Å². The Kier molecular flexibility index (Phi) is 8.09. The molecule has 1 fully saturated rings. The average molecular weight is 453 g/mol. The zero-order valence-corrected chi connectivity index (χ0v) is 19.5. The van der Waals surface area contributed by atoms with Gasteiger partial charge in [-0.2, -0.15) is 8.78 Å². The van der Waals surface area contributed by atoms with Crippen LogP contribution >= 0.6 is 11.6 Å². The monoisotopic (exact) mass is 452 g/mol. The van der Waals surface area contributed by atoms with Crippen molar-refractivity contribution in [1.82, 2.24) is 0 Å². The molecule has 2 aromatic carbocycles. The van der Waals surface area contributed by atoms with Gasteiger partial charge in [0, 0.05) is 5.56 Å². The largest absolute Gasteiger partial charge is 0.348 e. The summed E-state index contributed by atoms with van der Waals surface area (Å²) in [6.07, 6.45) is 7.67. The third kappa shape index (κ3) is 6.62. The van der Waals surface area contributed by atoms with Crippen molar-refractivity contribution in [3.63, 3.8) is 0 Å². The first kappa shape index (κ1) is 23.4. The molecule has 1 aliphatic rings. The quantitative estimate of drug-likeness (QED) is 0.154. The summed E-state index contributed by atoms with van der Waals surface area (Å²) in [6.45, 7) is 2.17. The topological polar surface area (TPSA) is 0 Å². The van der Waals surface area contributed by atoms with E-state index in [0.717, 1.165) is 61.4 Å². The second-order valence-corrected chi connectivity index (χ2v) is 13.1. The highest BCUT2D eigenvalue weighted by atomic mass is 35.5. The summed E-state index contributed by atoms with van der Waals surface area (Å²) >= 11 is 5.07. The van der Waals surface area contributed by atoms with Gasteiger partial charge in [0.1, 0.15) is 0 Å². The first-order valence-corrected chi connectivity index (χ1v) is 14.1. The zero-order chi connectivity index (χ0) is 21.6. The Balaban J connectivity index is 1.47. The summed E-state index contributed by atoms with van der Waals surface area (Å²) in [5.74, 6) is 0.650. The standard InChI is InChI=1S/C25H32ClF3Si/c1-2-3-4-17-30(29)18-15-21(16-19-30)6-5-20-7-9-22(10-8-20)23-11-13-24(14-12-23)25(26,27)28/h7-14,21H,2-6,15-19H2,1H3. The SMILES string of the molecule is CCCCC[Si]1(F)CCC(CCc2ccc(-c3ccc(C(F)(F)Cl)cc3)cc2)CC1. The molecular weight excluding hydrogens is 421 g/mol. The summed E-state index contributed by atoms with van der Waals surface area (Å²) < 4.78 is 41.3. The average Bonchev–Trinajstić information content (AvgIpc) is 2.73. The van der Waals surface area contributed by atoms with Gasteiger partial charge in [-0.15, -0.1) is 0 Å². The fourth-order valence-electron chi connectivity index (χ4n) is 4.51. The van der Waals surface area contributed by atoms with E-state index < -0.39 is 13.8 Å². The van der Waals surface area contributed by atoms with Crippen LogP contribution in [0, 0.1) is 5.92 Å². The molecule has 0 saturated carbocycles. The number of rotatable bonds is 9. The van der Waals surface area contributed by atoms with Crippen LogP contribution in [0.1, 0.15) is 56.6 Å². The number of alkyl halides is 3. The maximum atomic E-state index is 15.0.